The van der Waals surface area contributed by atoms with Crippen molar-refractivity contribution in [2.45, 2.75) is 46.3 Å². The average molecular weight is 264 g/mol. The van der Waals surface area contributed by atoms with E-state index in [-0.39, 0.29) is 0 Å². The van der Waals surface area contributed by atoms with Gasteiger partial charge in [-0.25, -0.2) is 0 Å². The molecule has 0 saturated heterocycles. The smallest absolute Gasteiger partial charge is 0.123 e. The van der Waals surface area contributed by atoms with Gasteiger partial charge in [-0.3, -0.25) is 4.90 Å². The first kappa shape index (κ1) is 16.0. The van der Waals surface area contributed by atoms with Gasteiger partial charge >= 0.3 is 0 Å². The number of nitrogens with one attached hydrogen (secondary N) is 1. The van der Waals surface area contributed by atoms with Gasteiger partial charge in [-0.15, -0.1) is 0 Å². The molecule has 0 aliphatic carbocycles. The Labute approximate surface area is 118 Å². The number of benzene rings is 1. The summed E-state index contributed by atoms with van der Waals surface area (Å²) < 4.78 is 5.49. The predicted octanol–water partition coefficient (Wildman–Crippen LogP) is 3.04. The Balaban J connectivity index is 2.92. The highest BCUT2D eigenvalue weighted by molar-refractivity contribution is 5.37. The third-order valence-electron chi connectivity index (χ3n) is 3.72. The molecule has 0 bridgehead atoms. The molecule has 0 aromatic heterocycles. The second-order valence-corrected chi connectivity index (χ2v) is 5.00. The third-order valence-corrected chi connectivity index (χ3v) is 3.72. The first-order valence-electron chi connectivity index (χ1n) is 7.20. The molecular weight excluding hydrogens is 236 g/mol. The third kappa shape index (κ3) is 4.51. The SMILES string of the molecule is CCC(C)N(CC)Cc1cc(CNC)ccc1OC. The van der Waals surface area contributed by atoms with Crippen molar-refractivity contribution in [3.63, 3.8) is 0 Å². The summed E-state index contributed by atoms with van der Waals surface area (Å²) in [6, 6.07) is 7.05. The monoisotopic (exact) mass is 264 g/mol. The number of nitrogens with zero attached hydrogens (tertiary/aromatic N) is 1. The van der Waals surface area contributed by atoms with Gasteiger partial charge in [-0.05, 0) is 44.6 Å². The van der Waals surface area contributed by atoms with Crippen LogP contribution in [0.4, 0.5) is 0 Å². The summed E-state index contributed by atoms with van der Waals surface area (Å²) in [5.41, 5.74) is 2.58. The molecule has 0 aliphatic rings. The van der Waals surface area contributed by atoms with E-state index in [4.69, 9.17) is 4.74 Å². The molecule has 3 heteroatoms. The minimum atomic E-state index is 0.600. The van der Waals surface area contributed by atoms with Crippen molar-refractivity contribution in [1.82, 2.24) is 10.2 Å². The molecule has 0 aliphatic heterocycles. The van der Waals surface area contributed by atoms with Crippen molar-refractivity contribution in [2.75, 3.05) is 20.7 Å². The van der Waals surface area contributed by atoms with Crippen molar-refractivity contribution in [3.8, 4) is 5.75 Å². The van der Waals surface area contributed by atoms with Crippen molar-refractivity contribution in [1.29, 1.82) is 0 Å². The predicted molar refractivity (Wildman–Crippen MR) is 81.6 cm³/mol. The summed E-state index contributed by atoms with van der Waals surface area (Å²) in [6.45, 7) is 9.65. The average Bonchev–Trinajstić information content (AvgIpc) is 2.44. The van der Waals surface area contributed by atoms with E-state index in [2.05, 4.69) is 49.2 Å². The second-order valence-electron chi connectivity index (χ2n) is 5.00. The van der Waals surface area contributed by atoms with Crippen molar-refractivity contribution < 1.29 is 4.74 Å². The number of ether oxygens (including phenoxy) is 1. The highest BCUT2D eigenvalue weighted by Crippen LogP contribution is 2.23. The number of rotatable bonds is 8. The summed E-state index contributed by atoms with van der Waals surface area (Å²) in [5.74, 6) is 0.988. The van der Waals surface area contributed by atoms with Crippen LogP contribution in [-0.4, -0.2) is 31.6 Å². The lowest BCUT2D eigenvalue weighted by Gasteiger charge is -2.27. The Bertz CT molecular complexity index is 379. The normalized spacial score (nSPS) is 12.7. The van der Waals surface area contributed by atoms with Crippen LogP contribution >= 0.6 is 0 Å². The van der Waals surface area contributed by atoms with Crippen molar-refractivity contribution >= 4 is 0 Å². The standard InChI is InChI=1S/C16H28N2O/c1-6-13(3)18(7-2)12-15-10-14(11-17-4)8-9-16(15)19-5/h8-10,13,17H,6-7,11-12H2,1-5H3. The minimum absolute atomic E-state index is 0.600. The van der Waals surface area contributed by atoms with Crippen LogP contribution in [-0.2, 0) is 13.1 Å². The Morgan fingerprint density at radius 1 is 1.32 bits per heavy atom. The summed E-state index contributed by atoms with van der Waals surface area (Å²) in [4.78, 5) is 2.49. The molecule has 1 atom stereocenters. The number of hydrogen-bond donors (Lipinski definition) is 1. The summed E-state index contributed by atoms with van der Waals surface area (Å²) >= 11 is 0. The van der Waals surface area contributed by atoms with E-state index in [1.807, 2.05) is 7.05 Å². The van der Waals surface area contributed by atoms with E-state index in [1.54, 1.807) is 7.11 Å². The summed E-state index contributed by atoms with van der Waals surface area (Å²) in [6.07, 6.45) is 1.17. The molecule has 0 fully saturated rings. The lowest BCUT2D eigenvalue weighted by Crippen LogP contribution is -2.32. The van der Waals surface area contributed by atoms with E-state index in [9.17, 15) is 0 Å². The summed E-state index contributed by atoms with van der Waals surface area (Å²) in [7, 11) is 3.72. The highest BCUT2D eigenvalue weighted by atomic mass is 16.5. The van der Waals surface area contributed by atoms with Crippen LogP contribution in [0, 0.1) is 0 Å². The number of methoxy groups -OCH3 is 1. The van der Waals surface area contributed by atoms with Gasteiger partial charge in [-0.2, -0.15) is 0 Å². The van der Waals surface area contributed by atoms with E-state index in [0.717, 1.165) is 25.4 Å². The molecule has 1 unspecified atom stereocenters. The van der Waals surface area contributed by atoms with Crippen LogP contribution in [0.1, 0.15) is 38.3 Å². The zero-order valence-corrected chi connectivity index (χ0v) is 13.0. The van der Waals surface area contributed by atoms with E-state index in [0.29, 0.717) is 6.04 Å². The molecule has 108 valence electrons. The largest absolute Gasteiger partial charge is 0.496 e. The molecule has 0 spiro atoms. The zero-order chi connectivity index (χ0) is 14.3. The maximum absolute atomic E-state index is 5.49. The molecule has 1 N–H and O–H groups in total. The van der Waals surface area contributed by atoms with Crippen molar-refractivity contribution in [2.24, 2.45) is 0 Å². The fraction of sp³-hybridized carbons (Fsp3) is 0.625. The maximum atomic E-state index is 5.49. The maximum Gasteiger partial charge on any atom is 0.123 e. The molecule has 0 heterocycles. The molecule has 19 heavy (non-hydrogen) atoms. The van der Waals surface area contributed by atoms with E-state index >= 15 is 0 Å². The van der Waals surface area contributed by atoms with Crippen molar-refractivity contribution in [3.05, 3.63) is 29.3 Å². The zero-order valence-electron chi connectivity index (χ0n) is 13.0. The van der Waals surface area contributed by atoms with Crippen LogP contribution in [0.25, 0.3) is 0 Å². The lowest BCUT2D eigenvalue weighted by atomic mass is 10.1. The first-order valence-corrected chi connectivity index (χ1v) is 7.20. The van der Waals surface area contributed by atoms with Gasteiger partial charge in [0, 0.05) is 24.7 Å². The Morgan fingerprint density at radius 2 is 2.05 bits per heavy atom. The van der Waals surface area contributed by atoms with Gasteiger partial charge in [0.05, 0.1) is 7.11 Å². The Kier molecular flexibility index (Phi) is 6.89. The Morgan fingerprint density at radius 3 is 2.58 bits per heavy atom. The molecular formula is C16H28N2O. The quantitative estimate of drug-likeness (QED) is 0.781. The topological polar surface area (TPSA) is 24.5 Å². The van der Waals surface area contributed by atoms with Gasteiger partial charge < -0.3 is 10.1 Å². The molecule has 0 radical (unpaired) electrons. The van der Waals surface area contributed by atoms with E-state index < -0.39 is 0 Å². The lowest BCUT2D eigenvalue weighted by molar-refractivity contribution is 0.203. The molecule has 0 saturated carbocycles. The fourth-order valence-electron chi connectivity index (χ4n) is 2.33. The first-order chi connectivity index (χ1) is 9.15. The van der Waals surface area contributed by atoms with Gasteiger partial charge in [0.2, 0.25) is 0 Å². The molecule has 3 nitrogen and oxygen atoms in total. The molecule has 1 aromatic carbocycles. The number of hydrogen-bond acceptors (Lipinski definition) is 3. The van der Waals surface area contributed by atoms with Crippen LogP contribution in [0.5, 0.6) is 5.75 Å². The minimum Gasteiger partial charge on any atom is -0.496 e. The fourth-order valence-corrected chi connectivity index (χ4v) is 2.33. The van der Waals surface area contributed by atoms with Gasteiger partial charge in [0.1, 0.15) is 5.75 Å². The molecule has 1 rings (SSSR count). The van der Waals surface area contributed by atoms with Crippen LogP contribution in [0.15, 0.2) is 18.2 Å². The van der Waals surface area contributed by atoms with Gasteiger partial charge in [-0.1, -0.05) is 19.9 Å². The highest BCUT2D eigenvalue weighted by Gasteiger charge is 2.13. The van der Waals surface area contributed by atoms with Crippen LogP contribution in [0.2, 0.25) is 0 Å². The molecule has 0 amide bonds. The molecule has 1 aromatic rings. The summed E-state index contributed by atoms with van der Waals surface area (Å²) in [5, 5.41) is 3.20. The second kappa shape index (κ2) is 8.18. The van der Waals surface area contributed by atoms with Gasteiger partial charge in [0.25, 0.3) is 0 Å². The Hall–Kier alpha value is -1.06. The van der Waals surface area contributed by atoms with Gasteiger partial charge in [0.15, 0.2) is 0 Å². The van der Waals surface area contributed by atoms with E-state index in [1.165, 1.54) is 17.5 Å². The van der Waals surface area contributed by atoms with Crippen LogP contribution in [0.3, 0.4) is 0 Å². The van der Waals surface area contributed by atoms with Crippen LogP contribution < -0.4 is 10.1 Å².